The molecule has 0 bridgehead atoms. The summed E-state index contributed by atoms with van der Waals surface area (Å²) in [7, 11) is 0. The molecule has 1 atom stereocenters. The number of carboxylic acid groups (broad SMARTS) is 1. The predicted molar refractivity (Wildman–Crippen MR) is 89.4 cm³/mol. The van der Waals surface area contributed by atoms with Crippen LogP contribution >= 0.6 is 11.3 Å². The Morgan fingerprint density at radius 3 is 3.04 bits per heavy atom. The van der Waals surface area contributed by atoms with Crippen LogP contribution in [0.2, 0.25) is 0 Å². The number of aromatic carboxylic acids is 1. The number of aromatic nitrogens is 3. The molecule has 2 aromatic heterocycles. The highest BCUT2D eigenvalue weighted by atomic mass is 32.1. The van der Waals surface area contributed by atoms with Crippen molar-refractivity contribution in [1.82, 2.24) is 20.1 Å². The molecule has 24 heavy (non-hydrogen) atoms. The molecular weight excluding hydrogens is 330 g/mol. The Hall–Kier alpha value is -2.26. The second kappa shape index (κ2) is 7.10. The van der Waals surface area contributed by atoms with Crippen LogP contribution in [0.25, 0.3) is 0 Å². The number of amides is 1. The summed E-state index contributed by atoms with van der Waals surface area (Å²) >= 11 is 0.982. The lowest BCUT2D eigenvalue weighted by Crippen LogP contribution is -2.39. The smallest absolute Gasteiger partial charge is 0.347 e. The summed E-state index contributed by atoms with van der Waals surface area (Å²) in [5.41, 5.74) is 1.52. The molecule has 3 N–H and O–H groups in total. The van der Waals surface area contributed by atoms with Crippen LogP contribution in [-0.4, -0.2) is 56.7 Å². The van der Waals surface area contributed by atoms with E-state index in [1.54, 1.807) is 13.1 Å². The van der Waals surface area contributed by atoms with Crippen LogP contribution in [0.3, 0.4) is 0 Å². The number of thiazole rings is 1. The Bertz CT molecular complexity index is 728. The highest BCUT2D eigenvalue weighted by Crippen LogP contribution is 2.25. The zero-order valence-corrected chi connectivity index (χ0v) is 14.1. The third-order valence-corrected chi connectivity index (χ3v) is 5.13. The lowest BCUT2D eigenvalue weighted by molar-refractivity contribution is -0.117. The van der Waals surface area contributed by atoms with Crippen LogP contribution in [0, 0.1) is 6.92 Å². The molecule has 1 fully saturated rings. The quantitative estimate of drug-likeness (QED) is 0.757. The average molecular weight is 349 g/mol. The zero-order chi connectivity index (χ0) is 17.1. The summed E-state index contributed by atoms with van der Waals surface area (Å²) in [5, 5.41) is 19.0. The monoisotopic (exact) mass is 349 g/mol. The molecule has 1 amide bonds. The number of aromatic amines is 1. The minimum atomic E-state index is -1.02. The standard InChI is InChI=1S/C15H19N5O3S/c1-9-13(14(22)23)24-15(17-9)18-12(21)8-20-6-2-3-10(7-20)11-4-5-16-19-11/h4-5,10H,2-3,6-8H2,1H3,(H,16,19)(H,22,23)(H,17,18,21)/t10-/m0/s1. The maximum absolute atomic E-state index is 12.2. The molecule has 128 valence electrons. The fourth-order valence-corrected chi connectivity index (χ4v) is 3.78. The van der Waals surface area contributed by atoms with Crippen molar-refractivity contribution in [2.24, 2.45) is 0 Å². The molecule has 8 nitrogen and oxygen atoms in total. The van der Waals surface area contributed by atoms with E-state index in [0.717, 1.165) is 43.0 Å². The highest BCUT2D eigenvalue weighted by Gasteiger charge is 2.24. The Balaban J connectivity index is 1.56. The van der Waals surface area contributed by atoms with Gasteiger partial charge < -0.3 is 10.4 Å². The fraction of sp³-hybridized carbons (Fsp3) is 0.467. The van der Waals surface area contributed by atoms with Crippen LogP contribution in [0.15, 0.2) is 12.3 Å². The molecule has 3 heterocycles. The summed E-state index contributed by atoms with van der Waals surface area (Å²) in [6.07, 6.45) is 3.84. The van der Waals surface area contributed by atoms with Gasteiger partial charge in [-0.2, -0.15) is 5.10 Å². The number of likely N-dealkylation sites (tertiary alicyclic amines) is 1. The van der Waals surface area contributed by atoms with Gasteiger partial charge in [0.2, 0.25) is 5.91 Å². The highest BCUT2D eigenvalue weighted by molar-refractivity contribution is 7.17. The number of hydrogen-bond donors (Lipinski definition) is 3. The molecule has 1 aliphatic heterocycles. The largest absolute Gasteiger partial charge is 0.477 e. The molecule has 2 aromatic rings. The molecule has 3 rings (SSSR count). The number of carboxylic acids is 1. The van der Waals surface area contributed by atoms with Crippen molar-refractivity contribution in [2.45, 2.75) is 25.7 Å². The molecule has 0 radical (unpaired) electrons. The van der Waals surface area contributed by atoms with E-state index in [0.29, 0.717) is 16.7 Å². The van der Waals surface area contributed by atoms with Gasteiger partial charge >= 0.3 is 5.97 Å². The van der Waals surface area contributed by atoms with Gasteiger partial charge in [-0.1, -0.05) is 11.3 Å². The predicted octanol–water partition coefficient (Wildman–Crippen LogP) is 1.69. The molecule has 0 spiro atoms. The maximum Gasteiger partial charge on any atom is 0.347 e. The van der Waals surface area contributed by atoms with Gasteiger partial charge in [0.05, 0.1) is 12.2 Å². The van der Waals surface area contributed by atoms with E-state index >= 15 is 0 Å². The van der Waals surface area contributed by atoms with Crippen LogP contribution in [0.5, 0.6) is 0 Å². The number of hydrogen-bond acceptors (Lipinski definition) is 6. The molecule has 0 saturated carbocycles. The van der Waals surface area contributed by atoms with E-state index in [1.165, 1.54) is 0 Å². The third kappa shape index (κ3) is 3.80. The fourth-order valence-electron chi connectivity index (χ4n) is 2.96. The van der Waals surface area contributed by atoms with E-state index in [4.69, 9.17) is 5.11 Å². The van der Waals surface area contributed by atoms with Crippen molar-refractivity contribution >= 4 is 28.3 Å². The Morgan fingerprint density at radius 2 is 2.38 bits per heavy atom. The Labute approximate surface area is 142 Å². The number of carbonyl (C=O) groups is 2. The number of carbonyl (C=O) groups excluding carboxylic acids is 1. The van der Waals surface area contributed by atoms with E-state index in [1.807, 2.05) is 6.07 Å². The van der Waals surface area contributed by atoms with Crippen molar-refractivity contribution in [3.05, 3.63) is 28.5 Å². The number of anilines is 1. The van der Waals surface area contributed by atoms with Gasteiger partial charge in [0.25, 0.3) is 0 Å². The number of nitrogens with one attached hydrogen (secondary N) is 2. The van der Waals surface area contributed by atoms with Crippen LogP contribution in [-0.2, 0) is 4.79 Å². The van der Waals surface area contributed by atoms with Crippen LogP contribution in [0.4, 0.5) is 5.13 Å². The number of rotatable bonds is 5. The molecule has 1 saturated heterocycles. The minimum absolute atomic E-state index is 0.155. The second-order valence-corrected chi connectivity index (χ2v) is 6.87. The first-order valence-electron chi connectivity index (χ1n) is 7.75. The number of piperidine rings is 1. The second-order valence-electron chi connectivity index (χ2n) is 5.87. The van der Waals surface area contributed by atoms with Crippen LogP contribution in [0.1, 0.15) is 39.8 Å². The van der Waals surface area contributed by atoms with Gasteiger partial charge in [0, 0.05) is 24.4 Å². The molecule has 0 aromatic carbocycles. The van der Waals surface area contributed by atoms with Crippen LogP contribution < -0.4 is 5.32 Å². The van der Waals surface area contributed by atoms with Gasteiger partial charge in [-0.25, -0.2) is 9.78 Å². The van der Waals surface area contributed by atoms with E-state index < -0.39 is 5.97 Å². The first-order valence-corrected chi connectivity index (χ1v) is 8.57. The Morgan fingerprint density at radius 1 is 1.54 bits per heavy atom. The number of nitrogens with zero attached hydrogens (tertiary/aromatic N) is 3. The van der Waals surface area contributed by atoms with Crippen molar-refractivity contribution < 1.29 is 14.7 Å². The lowest BCUT2D eigenvalue weighted by atomic mass is 9.95. The van der Waals surface area contributed by atoms with Gasteiger partial charge in [0.15, 0.2) is 5.13 Å². The summed E-state index contributed by atoms with van der Waals surface area (Å²) in [4.78, 5) is 29.6. The molecule has 0 aliphatic carbocycles. The SMILES string of the molecule is Cc1nc(NC(=O)CN2CCC[C@H](c3ccn[nH]3)C2)sc1C(=O)O. The summed E-state index contributed by atoms with van der Waals surface area (Å²) < 4.78 is 0. The number of H-pyrrole nitrogens is 1. The van der Waals surface area contributed by atoms with E-state index in [9.17, 15) is 9.59 Å². The molecule has 0 unspecified atom stereocenters. The summed E-state index contributed by atoms with van der Waals surface area (Å²) in [5.74, 6) is -0.843. The van der Waals surface area contributed by atoms with E-state index in [-0.39, 0.29) is 17.3 Å². The third-order valence-electron chi connectivity index (χ3n) is 4.07. The summed E-state index contributed by atoms with van der Waals surface area (Å²) in [6.45, 7) is 3.56. The van der Waals surface area contributed by atoms with Gasteiger partial charge in [-0.05, 0) is 32.4 Å². The molecule has 1 aliphatic rings. The Kier molecular flexibility index (Phi) is 4.91. The van der Waals surface area contributed by atoms with Gasteiger partial charge in [-0.3, -0.25) is 14.8 Å². The maximum atomic E-state index is 12.2. The van der Waals surface area contributed by atoms with E-state index in [2.05, 4.69) is 25.4 Å². The van der Waals surface area contributed by atoms with Gasteiger partial charge in [-0.15, -0.1) is 0 Å². The molecule has 9 heteroatoms. The topological polar surface area (TPSA) is 111 Å². The van der Waals surface area contributed by atoms with Crippen molar-refractivity contribution in [1.29, 1.82) is 0 Å². The normalized spacial score (nSPS) is 18.5. The first-order chi connectivity index (χ1) is 11.5. The molecular formula is C15H19N5O3S. The van der Waals surface area contributed by atoms with Crippen molar-refractivity contribution in [3.63, 3.8) is 0 Å². The zero-order valence-electron chi connectivity index (χ0n) is 13.3. The van der Waals surface area contributed by atoms with Crippen molar-refractivity contribution in [3.8, 4) is 0 Å². The van der Waals surface area contributed by atoms with Gasteiger partial charge in [0.1, 0.15) is 4.88 Å². The first kappa shape index (κ1) is 16.6. The summed E-state index contributed by atoms with van der Waals surface area (Å²) in [6, 6.07) is 1.97. The van der Waals surface area contributed by atoms with Crippen molar-refractivity contribution in [2.75, 3.05) is 25.0 Å². The number of aryl methyl sites for hydroxylation is 1. The average Bonchev–Trinajstić information content (AvgIpc) is 3.17. The minimum Gasteiger partial charge on any atom is -0.477 e. The lowest BCUT2D eigenvalue weighted by Gasteiger charge is -2.31.